The van der Waals surface area contributed by atoms with Crippen LogP contribution in [0.25, 0.3) is 0 Å². The van der Waals surface area contributed by atoms with E-state index >= 15 is 0 Å². The van der Waals surface area contributed by atoms with Crippen molar-refractivity contribution >= 4 is 27.3 Å². The standard InChI is InChI=1S/C17H20ClN5O2S/c1-4-22-11-15(9-19-22)26(24,25)21-17-12(2)20-23(13(17)3)10-14-7-5-6-8-16(14)18/h5-9,11,21H,4,10H2,1-3H3. The maximum absolute atomic E-state index is 12.6. The molecule has 0 saturated heterocycles. The van der Waals surface area contributed by atoms with Gasteiger partial charge in [-0.2, -0.15) is 10.2 Å². The first-order valence-electron chi connectivity index (χ1n) is 8.14. The molecule has 0 radical (unpaired) electrons. The Bertz CT molecular complexity index is 1040. The van der Waals surface area contributed by atoms with Crippen LogP contribution in [-0.4, -0.2) is 28.0 Å². The first-order chi connectivity index (χ1) is 12.3. The number of halogens is 1. The highest BCUT2D eigenvalue weighted by atomic mass is 35.5. The lowest BCUT2D eigenvalue weighted by Crippen LogP contribution is -2.14. The van der Waals surface area contributed by atoms with Crippen molar-refractivity contribution < 1.29 is 8.42 Å². The van der Waals surface area contributed by atoms with E-state index in [1.807, 2.05) is 38.1 Å². The highest BCUT2D eigenvalue weighted by Gasteiger charge is 2.21. The zero-order valence-corrected chi connectivity index (χ0v) is 16.3. The number of aromatic nitrogens is 4. The summed E-state index contributed by atoms with van der Waals surface area (Å²) in [5.74, 6) is 0. The van der Waals surface area contributed by atoms with Gasteiger partial charge < -0.3 is 0 Å². The van der Waals surface area contributed by atoms with Gasteiger partial charge in [0.15, 0.2) is 0 Å². The van der Waals surface area contributed by atoms with Crippen LogP contribution in [0.3, 0.4) is 0 Å². The van der Waals surface area contributed by atoms with Crippen LogP contribution in [-0.2, 0) is 23.1 Å². The predicted octanol–water partition coefficient (Wildman–Crippen LogP) is 3.22. The van der Waals surface area contributed by atoms with Gasteiger partial charge in [0.1, 0.15) is 4.90 Å². The van der Waals surface area contributed by atoms with E-state index in [-0.39, 0.29) is 4.90 Å². The van der Waals surface area contributed by atoms with E-state index < -0.39 is 10.0 Å². The molecule has 0 bridgehead atoms. The zero-order chi connectivity index (χ0) is 18.9. The molecular weight excluding hydrogens is 374 g/mol. The summed E-state index contributed by atoms with van der Waals surface area (Å²) in [6.45, 7) is 6.54. The fraction of sp³-hybridized carbons (Fsp3) is 0.294. The summed E-state index contributed by atoms with van der Waals surface area (Å²) < 4.78 is 31.2. The second-order valence-corrected chi connectivity index (χ2v) is 8.02. The van der Waals surface area contributed by atoms with Crippen LogP contribution >= 0.6 is 11.6 Å². The third-order valence-corrected chi connectivity index (χ3v) is 5.81. The number of rotatable bonds is 6. The van der Waals surface area contributed by atoms with Gasteiger partial charge in [-0.1, -0.05) is 29.8 Å². The lowest BCUT2D eigenvalue weighted by molar-refractivity contribution is 0.600. The van der Waals surface area contributed by atoms with E-state index in [1.165, 1.54) is 12.4 Å². The van der Waals surface area contributed by atoms with Crippen LogP contribution in [0.15, 0.2) is 41.6 Å². The summed E-state index contributed by atoms with van der Waals surface area (Å²) in [5, 5.41) is 9.12. The third-order valence-electron chi connectivity index (χ3n) is 4.14. The molecule has 2 heterocycles. The van der Waals surface area contributed by atoms with Gasteiger partial charge in [0, 0.05) is 17.8 Å². The van der Waals surface area contributed by atoms with Crippen LogP contribution in [0.2, 0.25) is 5.02 Å². The lowest BCUT2D eigenvalue weighted by atomic mass is 10.2. The minimum Gasteiger partial charge on any atom is -0.276 e. The second-order valence-electron chi connectivity index (χ2n) is 5.93. The van der Waals surface area contributed by atoms with Crippen LogP contribution in [0.1, 0.15) is 23.9 Å². The summed E-state index contributed by atoms with van der Waals surface area (Å²) >= 11 is 6.21. The van der Waals surface area contributed by atoms with Crippen molar-refractivity contribution in [3.8, 4) is 0 Å². The van der Waals surface area contributed by atoms with Crippen molar-refractivity contribution in [2.75, 3.05) is 4.72 Å². The van der Waals surface area contributed by atoms with Gasteiger partial charge in [-0.25, -0.2) is 8.42 Å². The van der Waals surface area contributed by atoms with Gasteiger partial charge in [-0.05, 0) is 32.4 Å². The Balaban J connectivity index is 1.89. The second kappa shape index (κ2) is 7.13. The number of anilines is 1. The topological polar surface area (TPSA) is 81.8 Å². The van der Waals surface area contributed by atoms with Gasteiger partial charge in [0.05, 0.1) is 29.8 Å². The maximum atomic E-state index is 12.6. The van der Waals surface area contributed by atoms with Gasteiger partial charge in [0.2, 0.25) is 0 Å². The van der Waals surface area contributed by atoms with Crippen LogP contribution in [0.5, 0.6) is 0 Å². The van der Waals surface area contributed by atoms with Crippen molar-refractivity contribution in [1.29, 1.82) is 0 Å². The molecule has 138 valence electrons. The van der Waals surface area contributed by atoms with Crippen LogP contribution < -0.4 is 4.72 Å². The monoisotopic (exact) mass is 393 g/mol. The van der Waals surface area contributed by atoms with Gasteiger partial charge in [-0.3, -0.25) is 14.1 Å². The Hall–Kier alpha value is -2.32. The Morgan fingerprint density at radius 3 is 2.62 bits per heavy atom. The first kappa shape index (κ1) is 18.5. The molecule has 3 aromatic rings. The average molecular weight is 394 g/mol. The molecule has 9 heteroatoms. The summed E-state index contributed by atoms with van der Waals surface area (Å²) in [5.41, 5.74) is 2.70. The molecule has 3 rings (SSSR count). The number of aryl methyl sites for hydroxylation is 2. The minimum absolute atomic E-state index is 0.122. The maximum Gasteiger partial charge on any atom is 0.265 e. The molecule has 1 aromatic carbocycles. The molecule has 26 heavy (non-hydrogen) atoms. The molecule has 0 spiro atoms. The Morgan fingerprint density at radius 2 is 1.96 bits per heavy atom. The Morgan fingerprint density at radius 1 is 1.23 bits per heavy atom. The Kier molecular flexibility index (Phi) is 5.06. The van der Waals surface area contributed by atoms with Crippen molar-refractivity contribution in [1.82, 2.24) is 19.6 Å². The van der Waals surface area contributed by atoms with Crippen molar-refractivity contribution in [2.24, 2.45) is 0 Å². The fourth-order valence-corrected chi connectivity index (χ4v) is 3.96. The molecule has 0 aliphatic heterocycles. The van der Waals surface area contributed by atoms with Crippen molar-refractivity contribution in [3.05, 3.63) is 58.6 Å². The molecule has 0 unspecified atom stereocenters. The molecule has 0 atom stereocenters. The number of nitrogens with one attached hydrogen (secondary N) is 1. The molecule has 1 N–H and O–H groups in total. The fourth-order valence-electron chi connectivity index (χ4n) is 2.64. The number of benzene rings is 1. The van der Waals surface area contributed by atoms with Crippen molar-refractivity contribution in [2.45, 2.75) is 38.8 Å². The third kappa shape index (κ3) is 3.61. The molecular formula is C17H20ClN5O2S. The van der Waals surface area contributed by atoms with E-state index in [4.69, 9.17) is 11.6 Å². The summed E-state index contributed by atoms with van der Waals surface area (Å²) in [6, 6.07) is 7.50. The minimum atomic E-state index is -3.73. The van der Waals surface area contributed by atoms with Gasteiger partial charge in [-0.15, -0.1) is 0 Å². The average Bonchev–Trinajstić information content (AvgIpc) is 3.18. The van der Waals surface area contributed by atoms with E-state index in [9.17, 15) is 8.42 Å². The molecule has 2 aromatic heterocycles. The summed E-state index contributed by atoms with van der Waals surface area (Å²) in [4.78, 5) is 0.122. The van der Waals surface area contributed by atoms with Gasteiger partial charge in [0.25, 0.3) is 10.0 Å². The van der Waals surface area contributed by atoms with Gasteiger partial charge >= 0.3 is 0 Å². The van der Waals surface area contributed by atoms with E-state index in [1.54, 1.807) is 16.3 Å². The number of hydrogen-bond donors (Lipinski definition) is 1. The van der Waals surface area contributed by atoms with Crippen LogP contribution in [0, 0.1) is 13.8 Å². The molecule has 0 aliphatic carbocycles. The predicted molar refractivity (Wildman–Crippen MR) is 101 cm³/mol. The van der Waals surface area contributed by atoms with E-state index in [2.05, 4.69) is 14.9 Å². The van der Waals surface area contributed by atoms with Crippen LogP contribution in [0.4, 0.5) is 5.69 Å². The smallest absolute Gasteiger partial charge is 0.265 e. The first-order valence-corrected chi connectivity index (χ1v) is 10.0. The molecule has 0 amide bonds. The number of hydrogen-bond acceptors (Lipinski definition) is 4. The molecule has 7 nitrogen and oxygen atoms in total. The quantitative estimate of drug-likeness (QED) is 0.697. The van der Waals surface area contributed by atoms with Crippen molar-refractivity contribution in [3.63, 3.8) is 0 Å². The van der Waals surface area contributed by atoms with E-state index in [0.29, 0.717) is 35.2 Å². The summed E-state index contributed by atoms with van der Waals surface area (Å²) in [6.07, 6.45) is 2.84. The lowest BCUT2D eigenvalue weighted by Gasteiger charge is -2.09. The summed E-state index contributed by atoms with van der Waals surface area (Å²) in [7, 11) is -3.73. The molecule has 0 saturated carbocycles. The normalized spacial score (nSPS) is 11.7. The molecule has 0 fully saturated rings. The molecule has 0 aliphatic rings. The number of nitrogens with zero attached hydrogens (tertiary/aromatic N) is 4. The Labute approximate surface area is 157 Å². The SMILES string of the molecule is CCn1cc(S(=O)(=O)Nc2c(C)nn(Cc3ccccc3Cl)c2C)cn1. The largest absolute Gasteiger partial charge is 0.276 e. The zero-order valence-electron chi connectivity index (χ0n) is 14.8. The van der Waals surface area contributed by atoms with E-state index in [0.717, 1.165) is 5.56 Å². The highest BCUT2D eigenvalue weighted by Crippen LogP contribution is 2.25. The number of sulfonamides is 1. The highest BCUT2D eigenvalue weighted by molar-refractivity contribution is 7.92.